The lowest BCUT2D eigenvalue weighted by Gasteiger charge is -2.21. The first-order valence-electron chi connectivity index (χ1n) is 7.35. The number of carbonyl (C=O) groups is 2. The van der Waals surface area contributed by atoms with Crippen LogP contribution in [0.25, 0.3) is 0 Å². The van der Waals surface area contributed by atoms with E-state index in [1.54, 1.807) is 6.92 Å². The molecule has 0 fully saturated rings. The molecule has 1 aromatic carbocycles. The molecule has 0 radical (unpaired) electrons. The number of halogens is 2. The first-order chi connectivity index (χ1) is 11.7. The highest BCUT2D eigenvalue weighted by Gasteiger charge is 2.43. The van der Waals surface area contributed by atoms with E-state index in [0.717, 1.165) is 12.1 Å². The van der Waals surface area contributed by atoms with Crippen LogP contribution in [0, 0.1) is 27.7 Å². The minimum atomic E-state index is -2.13. The highest BCUT2D eigenvalue weighted by atomic mass is 19.1. The van der Waals surface area contributed by atoms with Crippen LogP contribution in [0.2, 0.25) is 0 Å². The maximum absolute atomic E-state index is 14.3. The third kappa shape index (κ3) is 5.10. The number of esters is 1. The molecule has 0 saturated heterocycles. The third-order valence-corrected chi connectivity index (χ3v) is 3.29. The summed E-state index contributed by atoms with van der Waals surface area (Å²) in [5, 5.41) is 20.1. The van der Waals surface area contributed by atoms with E-state index in [1.807, 2.05) is 0 Å². The van der Waals surface area contributed by atoms with Crippen molar-refractivity contribution in [1.29, 1.82) is 0 Å². The molecule has 0 aliphatic heterocycles. The van der Waals surface area contributed by atoms with Gasteiger partial charge >= 0.3 is 11.9 Å². The van der Waals surface area contributed by atoms with Gasteiger partial charge in [-0.25, -0.2) is 8.78 Å². The highest BCUT2D eigenvalue weighted by Crippen LogP contribution is 2.33. The molecule has 25 heavy (non-hydrogen) atoms. The molecule has 0 saturated carbocycles. The molecule has 2 atom stereocenters. The lowest BCUT2D eigenvalue weighted by atomic mass is 9.85. The van der Waals surface area contributed by atoms with Gasteiger partial charge in [0.05, 0.1) is 19.1 Å². The number of aliphatic carboxylic acids is 1. The van der Waals surface area contributed by atoms with Crippen molar-refractivity contribution in [2.24, 2.45) is 5.92 Å². The summed E-state index contributed by atoms with van der Waals surface area (Å²) in [6.07, 6.45) is 0. The summed E-state index contributed by atoms with van der Waals surface area (Å²) in [4.78, 5) is 33.2. The molecule has 0 heterocycles. The van der Waals surface area contributed by atoms with Crippen molar-refractivity contribution >= 4 is 11.9 Å². The van der Waals surface area contributed by atoms with Crippen LogP contribution in [0.1, 0.15) is 25.3 Å². The first-order valence-corrected chi connectivity index (χ1v) is 7.35. The summed E-state index contributed by atoms with van der Waals surface area (Å²) in [5.41, 5.74) is -0.874. The van der Waals surface area contributed by atoms with E-state index in [9.17, 15) is 33.6 Å². The van der Waals surface area contributed by atoms with Gasteiger partial charge in [0.25, 0.3) is 0 Å². The zero-order valence-electron chi connectivity index (χ0n) is 13.5. The molecule has 2 unspecified atom stereocenters. The summed E-state index contributed by atoms with van der Waals surface area (Å²) in [7, 11) is 0. The zero-order valence-corrected chi connectivity index (χ0v) is 13.5. The van der Waals surface area contributed by atoms with Gasteiger partial charge in [-0.15, -0.1) is 0 Å². The number of nitro groups is 1. The van der Waals surface area contributed by atoms with E-state index >= 15 is 0 Å². The third-order valence-electron chi connectivity index (χ3n) is 3.29. The number of benzene rings is 1. The van der Waals surface area contributed by atoms with E-state index in [2.05, 4.69) is 4.74 Å². The molecule has 10 heteroatoms. The SMILES string of the molecule is CCOC(=O)C(C(=O)O)C(C[N+](=O)[O-])c1c(F)cc(OCC)cc1F. The lowest BCUT2D eigenvalue weighted by Crippen LogP contribution is -2.36. The summed E-state index contributed by atoms with van der Waals surface area (Å²) in [6.45, 7) is 1.74. The average molecular weight is 361 g/mol. The molecular formula is C15H17F2NO7. The van der Waals surface area contributed by atoms with E-state index in [-0.39, 0.29) is 19.0 Å². The normalized spacial score (nSPS) is 13.0. The van der Waals surface area contributed by atoms with Crippen LogP contribution in [0.5, 0.6) is 5.75 Å². The van der Waals surface area contributed by atoms with Gasteiger partial charge in [-0.1, -0.05) is 0 Å². The van der Waals surface area contributed by atoms with Crippen LogP contribution in [0.3, 0.4) is 0 Å². The van der Waals surface area contributed by atoms with Crippen LogP contribution in [0.15, 0.2) is 12.1 Å². The van der Waals surface area contributed by atoms with Crippen molar-refractivity contribution in [2.75, 3.05) is 19.8 Å². The molecule has 0 spiro atoms. The van der Waals surface area contributed by atoms with E-state index < -0.39 is 52.4 Å². The van der Waals surface area contributed by atoms with Crippen molar-refractivity contribution in [3.63, 3.8) is 0 Å². The van der Waals surface area contributed by atoms with E-state index in [1.165, 1.54) is 6.92 Å². The Hall–Kier alpha value is -2.78. The van der Waals surface area contributed by atoms with Gasteiger partial charge in [0, 0.05) is 22.6 Å². The lowest BCUT2D eigenvalue weighted by molar-refractivity contribution is -0.484. The molecule has 0 aliphatic rings. The number of carboxylic acid groups (broad SMARTS) is 1. The summed E-state index contributed by atoms with van der Waals surface area (Å²) in [6, 6.07) is 1.55. The molecule has 0 amide bonds. The van der Waals surface area contributed by atoms with Gasteiger partial charge in [0.1, 0.15) is 17.4 Å². The summed E-state index contributed by atoms with van der Waals surface area (Å²) < 4.78 is 38.2. The minimum Gasteiger partial charge on any atom is -0.494 e. The second-order valence-corrected chi connectivity index (χ2v) is 4.92. The zero-order chi connectivity index (χ0) is 19.1. The molecule has 1 rings (SSSR count). The number of hydrogen-bond acceptors (Lipinski definition) is 6. The number of ether oxygens (including phenoxy) is 2. The molecule has 1 aromatic rings. The molecule has 0 aliphatic carbocycles. The fourth-order valence-electron chi connectivity index (χ4n) is 2.36. The number of rotatable bonds is 9. The van der Waals surface area contributed by atoms with Crippen molar-refractivity contribution in [3.8, 4) is 5.75 Å². The maximum atomic E-state index is 14.3. The number of carbonyl (C=O) groups excluding carboxylic acids is 1. The largest absolute Gasteiger partial charge is 0.494 e. The Morgan fingerprint density at radius 2 is 1.80 bits per heavy atom. The van der Waals surface area contributed by atoms with Gasteiger partial charge in [-0.2, -0.15) is 0 Å². The van der Waals surface area contributed by atoms with Crippen molar-refractivity contribution in [3.05, 3.63) is 39.4 Å². The Labute approximate surface area is 141 Å². The monoisotopic (exact) mass is 361 g/mol. The van der Waals surface area contributed by atoms with E-state index in [0.29, 0.717) is 0 Å². The van der Waals surface area contributed by atoms with Gasteiger partial charge in [-0.05, 0) is 13.8 Å². The van der Waals surface area contributed by atoms with Crippen LogP contribution in [-0.4, -0.2) is 41.7 Å². The highest BCUT2D eigenvalue weighted by molar-refractivity contribution is 5.95. The Kier molecular flexibility index (Phi) is 7.22. The molecule has 0 aromatic heterocycles. The molecule has 1 N–H and O–H groups in total. The average Bonchev–Trinajstić information content (AvgIpc) is 2.46. The van der Waals surface area contributed by atoms with Crippen LogP contribution < -0.4 is 4.74 Å². The van der Waals surface area contributed by atoms with Crippen molar-refractivity contribution in [1.82, 2.24) is 0 Å². The molecular weight excluding hydrogens is 344 g/mol. The fourth-order valence-corrected chi connectivity index (χ4v) is 2.36. The number of hydrogen-bond donors (Lipinski definition) is 1. The second kappa shape index (κ2) is 8.90. The van der Waals surface area contributed by atoms with Gasteiger partial charge in [0.2, 0.25) is 6.54 Å². The Balaban J connectivity index is 3.46. The predicted octanol–water partition coefficient (Wildman–Crippen LogP) is 1.99. The molecule has 138 valence electrons. The summed E-state index contributed by atoms with van der Waals surface area (Å²) in [5.74, 6) is -9.76. The summed E-state index contributed by atoms with van der Waals surface area (Å²) >= 11 is 0. The Morgan fingerprint density at radius 3 is 2.20 bits per heavy atom. The Bertz CT molecular complexity index is 642. The maximum Gasteiger partial charge on any atom is 0.321 e. The smallest absolute Gasteiger partial charge is 0.321 e. The van der Waals surface area contributed by atoms with E-state index in [4.69, 9.17) is 4.74 Å². The standard InChI is InChI=1S/C15H17F2NO7/c1-3-24-8-5-10(16)12(11(17)6-8)9(7-18(22)23)13(14(19)20)15(21)25-4-2/h5-6,9,13H,3-4,7H2,1-2H3,(H,19,20). The van der Waals surface area contributed by atoms with Gasteiger partial charge < -0.3 is 14.6 Å². The number of carboxylic acids is 1. The topological polar surface area (TPSA) is 116 Å². The minimum absolute atomic E-state index is 0.122. The predicted molar refractivity (Wildman–Crippen MR) is 79.9 cm³/mol. The second-order valence-electron chi connectivity index (χ2n) is 4.92. The van der Waals surface area contributed by atoms with Gasteiger partial charge in [-0.3, -0.25) is 19.7 Å². The van der Waals surface area contributed by atoms with Crippen LogP contribution in [0.4, 0.5) is 8.78 Å². The van der Waals surface area contributed by atoms with Crippen LogP contribution >= 0.6 is 0 Å². The van der Waals surface area contributed by atoms with Crippen molar-refractivity contribution in [2.45, 2.75) is 19.8 Å². The Morgan fingerprint density at radius 1 is 1.24 bits per heavy atom. The quantitative estimate of drug-likeness (QED) is 0.309. The van der Waals surface area contributed by atoms with Gasteiger partial charge in [0.15, 0.2) is 5.92 Å². The van der Waals surface area contributed by atoms with Crippen molar-refractivity contribution < 1.29 is 37.9 Å². The molecule has 0 bridgehead atoms. The van der Waals surface area contributed by atoms with Crippen LogP contribution in [-0.2, 0) is 14.3 Å². The molecule has 8 nitrogen and oxygen atoms in total. The fraction of sp³-hybridized carbons (Fsp3) is 0.467. The first kappa shape index (κ1) is 20.3. The number of nitrogens with zero attached hydrogens (tertiary/aromatic N) is 1.